The molecule has 2 amide bonds. The summed E-state index contributed by atoms with van der Waals surface area (Å²) < 4.78 is 11.2. The van der Waals surface area contributed by atoms with Gasteiger partial charge in [-0.15, -0.1) is 0 Å². The number of aromatic nitrogens is 1. The van der Waals surface area contributed by atoms with Crippen molar-refractivity contribution >= 4 is 34.8 Å². The summed E-state index contributed by atoms with van der Waals surface area (Å²) >= 11 is 6.06. The predicted molar refractivity (Wildman–Crippen MR) is 121 cm³/mol. The highest BCUT2D eigenvalue weighted by Crippen LogP contribution is 2.32. The van der Waals surface area contributed by atoms with E-state index in [1.54, 1.807) is 43.5 Å². The van der Waals surface area contributed by atoms with Crippen molar-refractivity contribution in [2.45, 2.75) is 26.2 Å². The molecular weight excluding hydrogens is 432 g/mol. The molecule has 0 radical (unpaired) electrons. The van der Waals surface area contributed by atoms with Gasteiger partial charge >= 0.3 is 0 Å². The fourth-order valence-corrected chi connectivity index (χ4v) is 3.81. The molecule has 4 rings (SSSR count). The van der Waals surface area contributed by atoms with Crippen LogP contribution < -0.4 is 15.5 Å². The quantitative estimate of drug-likeness (QED) is 0.559. The number of carbonyl (C=O) groups excluding carboxylic acids is 2. The van der Waals surface area contributed by atoms with Crippen LogP contribution in [0.15, 0.2) is 52.2 Å². The van der Waals surface area contributed by atoms with Crippen molar-refractivity contribution in [1.29, 1.82) is 0 Å². The van der Waals surface area contributed by atoms with Crippen LogP contribution in [0.3, 0.4) is 0 Å². The number of hydrazone groups is 1. The Morgan fingerprint density at radius 2 is 2.06 bits per heavy atom. The third-order valence-corrected chi connectivity index (χ3v) is 5.39. The molecule has 0 atom stereocenters. The standard InChI is InChI=1S/C23H21ClN4O4/c1-13-20-16(27-28-22(29)14-5-4-10-25-12-14)6-3-7-19(20)32-21(13)23(30)26-17-11-15(24)8-9-18(17)31-2/h4-5,8-12H,3,6-7H2,1-2H3,(H,26,30)(H,28,29)/b27-16+. The maximum Gasteiger partial charge on any atom is 0.291 e. The summed E-state index contributed by atoms with van der Waals surface area (Å²) in [6.07, 6.45) is 5.20. The molecule has 0 aliphatic heterocycles. The zero-order valence-corrected chi connectivity index (χ0v) is 18.3. The molecule has 2 N–H and O–H groups in total. The molecule has 9 heteroatoms. The molecule has 2 aromatic heterocycles. The summed E-state index contributed by atoms with van der Waals surface area (Å²) in [5.41, 5.74) is 5.51. The number of nitrogens with one attached hydrogen (secondary N) is 2. The average molecular weight is 453 g/mol. The molecule has 0 saturated heterocycles. The lowest BCUT2D eigenvalue weighted by atomic mass is 9.93. The summed E-state index contributed by atoms with van der Waals surface area (Å²) in [7, 11) is 1.51. The minimum Gasteiger partial charge on any atom is -0.495 e. The molecule has 0 unspecified atom stereocenters. The van der Waals surface area contributed by atoms with Crippen LogP contribution in [0.2, 0.25) is 5.02 Å². The number of halogens is 1. The Balaban J connectivity index is 1.59. The van der Waals surface area contributed by atoms with Gasteiger partial charge in [0.05, 0.1) is 24.1 Å². The zero-order valence-electron chi connectivity index (χ0n) is 17.6. The van der Waals surface area contributed by atoms with E-state index in [1.165, 1.54) is 13.3 Å². The number of furan rings is 1. The van der Waals surface area contributed by atoms with Crippen molar-refractivity contribution in [1.82, 2.24) is 10.4 Å². The van der Waals surface area contributed by atoms with Gasteiger partial charge in [0.2, 0.25) is 0 Å². The third kappa shape index (κ3) is 4.36. The van der Waals surface area contributed by atoms with Crippen LogP contribution >= 0.6 is 11.6 Å². The number of benzene rings is 1. The normalized spacial score (nSPS) is 14.0. The van der Waals surface area contributed by atoms with Crippen LogP contribution in [0.4, 0.5) is 5.69 Å². The molecule has 8 nitrogen and oxygen atoms in total. The molecule has 2 heterocycles. The third-order valence-electron chi connectivity index (χ3n) is 5.16. The van der Waals surface area contributed by atoms with E-state index >= 15 is 0 Å². The average Bonchev–Trinajstić information content (AvgIpc) is 3.15. The smallest absolute Gasteiger partial charge is 0.291 e. The van der Waals surface area contributed by atoms with Crippen LogP contribution in [-0.2, 0) is 6.42 Å². The number of aryl methyl sites for hydroxylation is 1. The largest absolute Gasteiger partial charge is 0.495 e. The van der Waals surface area contributed by atoms with Crippen molar-refractivity contribution < 1.29 is 18.7 Å². The van der Waals surface area contributed by atoms with Gasteiger partial charge in [0.15, 0.2) is 5.76 Å². The van der Waals surface area contributed by atoms with Crippen molar-refractivity contribution in [3.63, 3.8) is 0 Å². The second kappa shape index (κ2) is 9.23. The van der Waals surface area contributed by atoms with Crippen molar-refractivity contribution in [3.05, 3.63) is 76.0 Å². The molecule has 3 aromatic rings. The van der Waals surface area contributed by atoms with E-state index in [4.69, 9.17) is 20.8 Å². The fraction of sp³-hybridized carbons (Fsp3) is 0.217. The number of ether oxygens (including phenoxy) is 1. The van der Waals surface area contributed by atoms with Gasteiger partial charge in [0.1, 0.15) is 11.5 Å². The first-order valence-corrected chi connectivity index (χ1v) is 10.4. The van der Waals surface area contributed by atoms with E-state index in [1.807, 2.05) is 0 Å². The Hall–Kier alpha value is -3.65. The number of anilines is 1. The van der Waals surface area contributed by atoms with E-state index in [0.29, 0.717) is 51.9 Å². The van der Waals surface area contributed by atoms with Gasteiger partial charge in [0.25, 0.3) is 11.8 Å². The summed E-state index contributed by atoms with van der Waals surface area (Å²) in [4.78, 5) is 29.2. The van der Waals surface area contributed by atoms with Gasteiger partial charge in [0, 0.05) is 35.0 Å². The maximum atomic E-state index is 13.0. The minimum atomic E-state index is -0.420. The molecule has 0 bridgehead atoms. The SMILES string of the molecule is COc1ccc(Cl)cc1NC(=O)c1oc2c(c1C)/C(=N/NC(=O)c1cccnc1)CCC2. The number of hydrogen-bond donors (Lipinski definition) is 2. The Morgan fingerprint density at radius 1 is 1.22 bits per heavy atom. The van der Waals surface area contributed by atoms with Gasteiger partial charge in [-0.2, -0.15) is 5.10 Å². The van der Waals surface area contributed by atoms with E-state index in [-0.39, 0.29) is 11.7 Å². The molecule has 32 heavy (non-hydrogen) atoms. The summed E-state index contributed by atoms with van der Waals surface area (Å²) in [5.74, 6) is 0.565. The first-order valence-electron chi connectivity index (χ1n) is 10.0. The Labute approximate surface area is 189 Å². The highest BCUT2D eigenvalue weighted by atomic mass is 35.5. The molecule has 164 valence electrons. The van der Waals surface area contributed by atoms with Crippen LogP contribution in [0, 0.1) is 6.92 Å². The number of hydrogen-bond acceptors (Lipinski definition) is 6. The second-order valence-corrected chi connectivity index (χ2v) is 7.68. The lowest BCUT2D eigenvalue weighted by molar-refractivity contribution is 0.0953. The summed E-state index contributed by atoms with van der Waals surface area (Å²) in [6, 6.07) is 8.30. The minimum absolute atomic E-state index is 0.185. The molecule has 0 spiro atoms. The molecule has 1 aliphatic carbocycles. The lowest BCUT2D eigenvalue weighted by Gasteiger charge is -2.13. The highest BCUT2D eigenvalue weighted by Gasteiger charge is 2.28. The second-order valence-electron chi connectivity index (χ2n) is 7.25. The van der Waals surface area contributed by atoms with E-state index in [0.717, 1.165) is 12.0 Å². The molecule has 1 aromatic carbocycles. The molecule has 0 fully saturated rings. The van der Waals surface area contributed by atoms with E-state index in [2.05, 4.69) is 20.8 Å². The fourth-order valence-electron chi connectivity index (χ4n) is 3.63. The van der Waals surface area contributed by atoms with Crippen molar-refractivity contribution in [2.24, 2.45) is 5.10 Å². The van der Waals surface area contributed by atoms with Gasteiger partial charge < -0.3 is 14.5 Å². The van der Waals surface area contributed by atoms with Gasteiger partial charge in [-0.05, 0) is 50.1 Å². The van der Waals surface area contributed by atoms with Crippen molar-refractivity contribution in [3.8, 4) is 5.75 Å². The van der Waals surface area contributed by atoms with Gasteiger partial charge in [-0.1, -0.05) is 11.6 Å². The first-order chi connectivity index (χ1) is 15.5. The highest BCUT2D eigenvalue weighted by molar-refractivity contribution is 6.31. The number of carbonyl (C=O) groups is 2. The lowest BCUT2D eigenvalue weighted by Crippen LogP contribution is -2.22. The number of methoxy groups -OCH3 is 1. The van der Waals surface area contributed by atoms with Crippen LogP contribution in [0.1, 0.15) is 50.6 Å². The number of nitrogens with zero attached hydrogens (tertiary/aromatic N) is 2. The van der Waals surface area contributed by atoms with Crippen LogP contribution in [0.5, 0.6) is 5.75 Å². The predicted octanol–water partition coefficient (Wildman–Crippen LogP) is 4.37. The van der Waals surface area contributed by atoms with Crippen LogP contribution in [0.25, 0.3) is 0 Å². The monoisotopic (exact) mass is 452 g/mol. The molecule has 1 aliphatic rings. The molecular formula is C23H21ClN4O4. The van der Waals surface area contributed by atoms with E-state index < -0.39 is 5.91 Å². The number of fused-ring (bicyclic) bond motifs is 1. The zero-order chi connectivity index (χ0) is 22.7. The number of rotatable bonds is 5. The maximum absolute atomic E-state index is 13.0. The summed E-state index contributed by atoms with van der Waals surface area (Å²) in [5, 5.41) is 7.58. The summed E-state index contributed by atoms with van der Waals surface area (Å²) in [6.45, 7) is 1.80. The van der Waals surface area contributed by atoms with Gasteiger partial charge in [-0.25, -0.2) is 5.43 Å². The molecule has 0 saturated carbocycles. The first kappa shape index (κ1) is 21.6. The number of pyridine rings is 1. The number of amides is 2. The Morgan fingerprint density at radius 3 is 2.81 bits per heavy atom. The van der Waals surface area contributed by atoms with Crippen molar-refractivity contribution in [2.75, 3.05) is 12.4 Å². The van der Waals surface area contributed by atoms with E-state index in [9.17, 15) is 9.59 Å². The van der Waals surface area contributed by atoms with Crippen LogP contribution in [-0.4, -0.2) is 29.6 Å². The van der Waals surface area contributed by atoms with Gasteiger partial charge in [-0.3, -0.25) is 14.6 Å². The topological polar surface area (TPSA) is 106 Å². The Bertz CT molecular complexity index is 1200. The Kier molecular flexibility index (Phi) is 6.23.